The molecule has 0 saturated carbocycles. The number of rotatable bonds is 6. The van der Waals surface area contributed by atoms with Crippen molar-refractivity contribution >= 4 is 17.3 Å². The van der Waals surface area contributed by atoms with Crippen molar-refractivity contribution in [1.29, 1.82) is 0 Å². The van der Waals surface area contributed by atoms with Crippen molar-refractivity contribution in [3.05, 3.63) is 23.8 Å². The van der Waals surface area contributed by atoms with E-state index in [1.54, 1.807) is 26.2 Å². The van der Waals surface area contributed by atoms with Gasteiger partial charge in [-0.15, -0.1) is 0 Å². The van der Waals surface area contributed by atoms with E-state index in [9.17, 15) is 4.79 Å². The Kier molecular flexibility index (Phi) is 5.45. The average Bonchev–Trinajstić information content (AvgIpc) is 2.36. The molecule has 0 amide bonds. The number of nitrogen functional groups attached to an aromatic ring is 1. The fourth-order valence-electron chi connectivity index (χ4n) is 1.59. The Morgan fingerprint density at radius 1 is 1.44 bits per heavy atom. The molecule has 0 aliphatic carbocycles. The Hall–Kier alpha value is -1.75. The first-order valence-electron chi connectivity index (χ1n) is 5.86. The minimum Gasteiger partial charge on any atom is -0.462 e. The summed E-state index contributed by atoms with van der Waals surface area (Å²) in [6, 6.07) is 5.17. The molecule has 0 saturated heterocycles. The molecule has 0 fully saturated rings. The maximum atomic E-state index is 11.5. The lowest BCUT2D eigenvalue weighted by Crippen LogP contribution is -2.23. The van der Waals surface area contributed by atoms with Gasteiger partial charge in [-0.05, 0) is 25.1 Å². The third kappa shape index (κ3) is 3.63. The normalized spacial score (nSPS) is 10.2. The molecular formula is C13H20N2O3. The zero-order valence-corrected chi connectivity index (χ0v) is 11.1. The van der Waals surface area contributed by atoms with Crippen molar-refractivity contribution in [2.75, 3.05) is 44.5 Å². The summed E-state index contributed by atoms with van der Waals surface area (Å²) in [7, 11) is 3.58. The molecule has 0 bridgehead atoms. The number of benzene rings is 1. The smallest absolute Gasteiger partial charge is 0.338 e. The van der Waals surface area contributed by atoms with Crippen LogP contribution >= 0.6 is 0 Å². The van der Waals surface area contributed by atoms with Gasteiger partial charge in [-0.3, -0.25) is 0 Å². The topological polar surface area (TPSA) is 64.8 Å². The van der Waals surface area contributed by atoms with Crippen LogP contribution in [-0.2, 0) is 9.47 Å². The molecule has 5 nitrogen and oxygen atoms in total. The van der Waals surface area contributed by atoms with Crippen LogP contribution in [0, 0.1) is 0 Å². The number of carbonyl (C=O) groups excluding carboxylic acids is 1. The van der Waals surface area contributed by atoms with Crippen molar-refractivity contribution in [3.63, 3.8) is 0 Å². The van der Waals surface area contributed by atoms with Crippen molar-refractivity contribution < 1.29 is 14.3 Å². The second-order valence-corrected chi connectivity index (χ2v) is 3.91. The van der Waals surface area contributed by atoms with Crippen LogP contribution in [0.15, 0.2) is 18.2 Å². The summed E-state index contributed by atoms with van der Waals surface area (Å²) in [5.41, 5.74) is 7.84. The molecule has 0 atom stereocenters. The van der Waals surface area contributed by atoms with Crippen LogP contribution in [0.5, 0.6) is 0 Å². The van der Waals surface area contributed by atoms with E-state index < -0.39 is 0 Å². The number of nitrogens with two attached hydrogens (primary N) is 1. The van der Waals surface area contributed by atoms with E-state index >= 15 is 0 Å². The molecule has 1 aromatic rings. The number of likely N-dealkylation sites (N-methyl/N-ethyl adjacent to an activating group) is 1. The van der Waals surface area contributed by atoms with Gasteiger partial charge in [0.05, 0.1) is 30.2 Å². The molecule has 18 heavy (non-hydrogen) atoms. The number of methoxy groups -OCH3 is 1. The van der Waals surface area contributed by atoms with E-state index in [1.807, 2.05) is 18.0 Å². The summed E-state index contributed by atoms with van der Waals surface area (Å²) in [4.78, 5) is 13.5. The van der Waals surface area contributed by atoms with Crippen molar-refractivity contribution in [2.24, 2.45) is 0 Å². The zero-order valence-electron chi connectivity index (χ0n) is 11.1. The minimum atomic E-state index is -0.352. The van der Waals surface area contributed by atoms with Gasteiger partial charge in [0.2, 0.25) is 0 Å². The molecule has 1 aromatic carbocycles. The number of esters is 1. The third-order valence-electron chi connectivity index (χ3n) is 2.58. The Bertz CT molecular complexity index is 407. The molecule has 0 aliphatic rings. The molecule has 0 heterocycles. The fraction of sp³-hybridized carbons (Fsp3) is 0.462. The van der Waals surface area contributed by atoms with Crippen LogP contribution < -0.4 is 10.6 Å². The molecule has 2 N–H and O–H groups in total. The van der Waals surface area contributed by atoms with Crippen molar-refractivity contribution in [3.8, 4) is 0 Å². The average molecular weight is 252 g/mol. The highest BCUT2D eigenvalue weighted by Crippen LogP contribution is 2.23. The Morgan fingerprint density at radius 2 is 2.17 bits per heavy atom. The molecular weight excluding hydrogens is 232 g/mol. The Balaban J connectivity index is 2.82. The van der Waals surface area contributed by atoms with E-state index in [2.05, 4.69) is 0 Å². The van der Waals surface area contributed by atoms with Gasteiger partial charge in [0.1, 0.15) is 0 Å². The van der Waals surface area contributed by atoms with Gasteiger partial charge in [0, 0.05) is 20.7 Å². The summed E-state index contributed by atoms with van der Waals surface area (Å²) in [6.07, 6.45) is 0. The number of ether oxygens (including phenoxy) is 2. The number of hydrogen-bond donors (Lipinski definition) is 1. The standard InChI is InChI=1S/C13H20N2O3/c1-4-18-13(16)10-5-6-12(11(14)9-10)15(2)7-8-17-3/h5-6,9H,4,7-8,14H2,1-3H3. The SMILES string of the molecule is CCOC(=O)c1ccc(N(C)CCOC)c(N)c1. The van der Waals surface area contributed by atoms with Crippen LogP contribution in [0.2, 0.25) is 0 Å². The van der Waals surface area contributed by atoms with Crippen molar-refractivity contribution in [1.82, 2.24) is 0 Å². The number of nitrogens with zero attached hydrogens (tertiary/aromatic N) is 1. The van der Waals surface area contributed by atoms with Gasteiger partial charge in [0.25, 0.3) is 0 Å². The van der Waals surface area contributed by atoms with E-state index in [0.29, 0.717) is 24.5 Å². The highest BCUT2D eigenvalue weighted by molar-refractivity contribution is 5.92. The summed E-state index contributed by atoms with van der Waals surface area (Å²) in [5, 5.41) is 0. The molecule has 100 valence electrons. The zero-order chi connectivity index (χ0) is 13.5. The van der Waals surface area contributed by atoms with Gasteiger partial charge in [-0.2, -0.15) is 0 Å². The summed E-state index contributed by atoms with van der Waals surface area (Å²) in [6.45, 7) is 3.48. The third-order valence-corrected chi connectivity index (χ3v) is 2.58. The molecule has 5 heteroatoms. The van der Waals surface area contributed by atoms with E-state index in [0.717, 1.165) is 12.2 Å². The molecule has 0 radical (unpaired) electrons. The van der Waals surface area contributed by atoms with E-state index in [1.165, 1.54) is 0 Å². The van der Waals surface area contributed by atoms with Crippen LogP contribution in [0.25, 0.3) is 0 Å². The highest BCUT2D eigenvalue weighted by Gasteiger charge is 2.11. The van der Waals surface area contributed by atoms with Crippen LogP contribution in [0.3, 0.4) is 0 Å². The minimum absolute atomic E-state index is 0.352. The maximum Gasteiger partial charge on any atom is 0.338 e. The van der Waals surface area contributed by atoms with Gasteiger partial charge in [0.15, 0.2) is 0 Å². The Labute approximate surface area is 107 Å². The van der Waals surface area contributed by atoms with Gasteiger partial charge >= 0.3 is 5.97 Å². The lowest BCUT2D eigenvalue weighted by atomic mass is 10.1. The first kappa shape index (κ1) is 14.3. The molecule has 0 unspecified atom stereocenters. The second-order valence-electron chi connectivity index (χ2n) is 3.91. The lowest BCUT2D eigenvalue weighted by molar-refractivity contribution is 0.0526. The summed E-state index contributed by atoms with van der Waals surface area (Å²) >= 11 is 0. The fourth-order valence-corrected chi connectivity index (χ4v) is 1.59. The molecule has 0 spiro atoms. The van der Waals surface area contributed by atoms with Gasteiger partial charge in [-0.1, -0.05) is 0 Å². The van der Waals surface area contributed by atoms with Gasteiger partial charge < -0.3 is 20.1 Å². The van der Waals surface area contributed by atoms with Crippen molar-refractivity contribution in [2.45, 2.75) is 6.92 Å². The molecule has 1 rings (SSSR count). The maximum absolute atomic E-state index is 11.5. The molecule has 0 aliphatic heterocycles. The Morgan fingerprint density at radius 3 is 2.72 bits per heavy atom. The predicted molar refractivity (Wildman–Crippen MR) is 72.0 cm³/mol. The van der Waals surface area contributed by atoms with Crippen LogP contribution in [0.4, 0.5) is 11.4 Å². The summed E-state index contributed by atoms with van der Waals surface area (Å²) in [5.74, 6) is -0.352. The van der Waals surface area contributed by atoms with Gasteiger partial charge in [-0.25, -0.2) is 4.79 Å². The van der Waals surface area contributed by atoms with Crippen LogP contribution in [0.1, 0.15) is 17.3 Å². The first-order chi connectivity index (χ1) is 8.60. The van der Waals surface area contributed by atoms with E-state index in [4.69, 9.17) is 15.2 Å². The highest BCUT2D eigenvalue weighted by atomic mass is 16.5. The predicted octanol–water partition coefficient (Wildman–Crippen LogP) is 1.53. The molecule has 0 aromatic heterocycles. The summed E-state index contributed by atoms with van der Waals surface area (Å²) < 4.78 is 9.93. The second kappa shape index (κ2) is 6.86. The number of carbonyl (C=O) groups is 1. The number of hydrogen-bond acceptors (Lipinski definition) is 5. The quantitative estimate of drug-likeness (QED) is 0.614. The largest absolute Gasteiger partial charge is 0.462 e. The monoisotopic (exact) mass is 252 g/mol. The van der Waals surface area contributed by atoms with Crippen LogP contribution in [-0.4, -0.2) is 39.9 Å². The first-order valence-corrected chi connectivity index (χ1v) is 5.86. The van der Waals surface area contributed by atoms with E-state index in [-0.39, 0.29) is 5.97 Å². The lowest BCUT2D eigenvalue weighted by Gasteiger charge is -2.21. The number of anilines is 2.